The van der Waals surface area contributed by atoms with Crippen molar-refractivity contribution in [2.45, 2.75) is 11.8 Å². The summed E-state index contributed by atoms with van der Waals surface area (Å²) in [6.07, 6.45) is 1.48. The second-order valence-corrected chi connectivity index (χ2v) is 6.87. The molecule has 1 N–H and O–H groups in total. The minimum atomic E-state index is -3.55. The highest BCUT2D eigenvalue weighted by Crippen LogP contribution is 2.11. The van der Waals surface area contributed by atoms with Gasteiger partial charge in [-0.1, -0.05) is 29.8 Å². The fourth-order valence-corrected chi connectivity index (χ4v) is 2.96. The van der Waals surface area contributed by atoms with Crippen molar-refractivity contribution in [3.8, 4) is 0 Å². The van der Waals surface area contributed by atoms with Gasteiger partial charge in [0.15, 0.2) is 0 Å². The lowest BCUT2D eigenvalue weighted by Crippen LogP contribution is -2.26. The van der Waals surface area contributed by atoms with Gasteiger partial charge in [0.25, 0.3) is 5.69 Å². The quantitative estimate of drug-likeness (QED) is 0.359. The van der Waals surface area contributed by atoms with Gasteiger partial charge in [-0.15, -0.1) is 0 Å². The number of hydrogen-bond donors (Lipinski definition) is 1. The number of nitro groups is 1. The number of aliphatic imine (C=N–C) groups is 1. The van der Waals surface area contributed by atoms with Crippen LogP contribution in [0.3, 0.4) is 0 Å². The topological polar surface area (TPSA) is 102 Å². The van der Waals surface area contributed by atoms with Gasteiger partial charge in [-0.25, -0.2) is 13.1 Å². The van der Waals surface area contributed by atoms with Gasteiger partial charge in [-0.2, -0.15) is 0 Å². The van der Waals surface area contributed by atoms with Crippen LogP contribution >= 0.6 is 0 Å². The summed E-state index contributed by atoms with van der Waals surface area (Å²) in [5.74, 6) is 0. The normalized spacial score (nSPS) is 11.7. The van der Waals surface area contributed by atoms with Gasteiger partial charge < -0.3 is 0 Å². The van der Waals surface area contributed by atoms with Gasteiger partial charge in [0, 0.05) is 24.9 Å². The molecule has 24 heavy (non-hydrogen) atoms. The van der Waals surface area contributed by atoms with Crippen LogP contribution in [-0.2, 0) is 10.0 Å². The molecule has 0 heterocycles. The lowest BCUT2D eigenvalue weighted by atomic mass is 10.2. The Morgan fingerprint density at radius 2 is 1.92 bits per heavy atom. The summed E-state index contributed by atoms with van der Waals surface area (Å²) in [5, 5.41) is 10.7. The molecule has 0 saturated heterocycles. The van der Waals surface area contributed by atoms with Crippen molar-refractivity contribution in [2.75, 3.05) is 13.1 Å². The summed E-state index contributed by atoms with van der Waals surface area (Å²) >= 11 is 0. The average Bonchev–Trinajstić information content (AvgIpc) is 2.55. The van der Waals surface area contributed by atoms with E-state index in [0.717, 1.165) is 5.56 Å². The number of nitrogens with one attached hydrogen (secondary N) is 1. The molecule has 0 amide bonds. The van der Waals surface area contributed by atoms with E-state index in [1.54, 1.807) is 36.4 Å². The smallest absolute Gasteiger partial charge is 0.270 e. The molecule has 0 unspecified atom stereocenters. The molecule has 126 valence electrons. The Bertz CT molecular complexity index is 846. The molecule has 0 aliphatic carbocycles. The van der Waals surface area contributed by atoms with Gasteiger partial charge in [0.05, 0.1) is 16.4 Å². The van der Waals surface area contributed by atoms with Crippen LogP contribution in [0.5, 0.6) is 0 Å². The Hall–Kier alpha value is -2.58. The zero-order valence-corrected chi connectivity index (χ0v) is 13.9. The molecular formula is C16H17N3O4S. The highest BCUT2D eigenvalue weighted by atomic mass is 32.2. The molecule has 8 heteroatoms. The highest BCUT2D eigenvalue weighted by molar-refractivity contribution is 7.89. The van der Waals surface area contributed by atoms with E-state index in [1.165, 1.54) is 18.3 Å². The molecule has 0 aliphatic rings. The van der Waals surface area contributed by atoms with Crippen LogP contribution in [0.4, 0.5) is 5.69 Å². The first-order valence-corrected chi connectivity index (χ1v) is 8.67. The van der Waals surface area contributed by atoms with Crippen molar-refractivity contribution in [1.29, 1.82) is 0 Å². The second kappa shape index (κ2) is 7.80. The lowest BCUT2D eigenvalue weighted by Gasteiger charge is -2.05. The SMILES string of the molecule is Cc1ccc(S(=O)(=O)NCCN=Cc2cccc([N+](=O)[O-])c2)cc1. The molecule has 0 fully saturated rings. The van der Waals surface area contributed by atoms with E-state index in [-0.39, 0.29) is 23.7 Å². The molecule has 2 aromatic rings. The number of aryl methyl sites for hydroxylation is 1. The number of nitro benzene ring substituents is 1. The summed E-state index contributed by atoms with van der Waals surface area (Å²) < 4.78 is 26.6. The Balaban J connectivity index is 1.89. The monoisotopic (exact) mass is 347 g/mol. The minimum Gasteiger partial charge on any atom is -0.291 e. The van der Waals surface area contributed by atoms with Crippen molar-refractivity contribution in [1.82, 2.24) is 4.72 Å². The van der Waals surface area contributed by atoms with Gasteiger partial charge in [-0.05, 0) is 24.6 Å². The van der Waals surface area contributed by atoms with Gasteiger partial charge in [0.1, 0.15) is 0 Å². The molecule has 0 bridgehead atoms. The second-order valence-electron chi connectivity index (χ2n) is 5.10. The fourth-order valence-electron chi connectivity index (χ4n) is 1.93. The molecule has 0 aromatic heterocycles. The summed E-state index contributed by atoms with van der Waals surface area (Å²) in [4.78, 5) is 14.5. The molecule has 7 nitrogen and oxygen atoms in total. The first-order chi connectivity index (χ1) is 11.4. The van der Waals surface area contributed by atoms with Crippen molar-refractivity contribution in [3.63, 3.8) is 0 Å². The van der Waals surface area contributed by atoms with Gasteiger partial charge in [0.2, 0.25) is 10.0 Å². The van der Waals surface area contributed by atoms with Crippen LogP contribution in [0.25, 0.3) is 0 Å². The van der Waals surface area contributed by atoms with Crippen molar-refractivity contribution in [2.24, 2.45) is 4.99 Å². The maximum atomic E-state index is 12.1. The Kier molecular flexibility index (Phi) is 5.78. The van der Waals surface area contributed by atoms with Crippen LogP contribution in [0.1, 0.15) is 11.1 Å². The number of hydrogen-bond acceptors (Lipinski definition) is 5. The van der Waals surface area contributed by atoms with Crippen molar-refractivity contribution >= 4 is 21.9 Å². The van der Waals surface area contributed by atoms with Crippen molar-refractivity contribution in [3.05, 3.63) is 69.8 Å². The standard InChI is InChI=1S/C16H17N3O4S/c1-13-5-7-16(8-6-13)24(22,23)18-10-9-17-12-14-3-2-4-15(11-14)19(20)21/h2-8,11-12,18H,9-10H2,1H3. The number of rotatable bonds is 7. The van der Waals surface area contributed by atoms with Gasteiger partial charge in [-0.3, -0.25) is 15.1 Å². The van der Waals surface area contributed by atoms with E-state index in [1.807, 2.05) is 6.92 Å². The van der Waals surface area contributed by atoms with E-state index in [2.05, 4.69) is 9.71 Å². The molecule has 0 spiro atoms. The lowest BCUT2D eigenvalue weighted by molar-refractivity contribution is -0.384. The van der Waals surface area contributed by atoms with Crippen LogP contribution in [0.15, 0.2) is 58.4 Å². The summed E-state index contributed by atoms with van der Waals surface area (Å²) in [7, 11) is -3.55. The number of nitrogens with zero attached hydrogens (tertiary/aromatic N) is 2. The van der Waals surface area contributed by atoms with E-state index in [4.69, 9.17) is 0 Å². The Labute approximate surface area is 140 Å². The van der Waals surface area contributed by atoms with E-state index >= 15 is 0 Å². The molecule has 0 aliphatic heterocycles. The fraction of sp³-hybridized carbons (Fsp3) is 0.188. The molecule has 2 rings (SSSR count). The Morgan fingerprint density at radius 1 is 1.21 bits per heavy atom. The number of sulfonamides is 1. The Morgan fingerprint density at radius 3 is 2.58 bits per heavy atom. The molecular weight excluding hydrogens is 330 g/mol. The average molecular weight is 347 g/mol. The maximum Gasteiger partial charge on any atom is 0.270 e. The van der Waals surface area contributed by atoms with Crippen LogP contribution in [-0.4, -0.2) is 32.6 Å². The summed E-state index contributed by atoms with van der Waals surface area (Å²) in [5.41, 5.74) is 1.56. The van der Waals surface area contributed by atoms with Crippen LogP contribution in [0.2, 0.25) is 0 Å². The third kappa shape index (κ3) is 4.97. The van der Waals surface area contributed by atoms with E-state index in [9.17, 15) is 18.5 Å². The first-order valence-electron chi connectivity index (χ1n) is 7.19. The zero-order chi connectivity index (χ0) is 17.6. The summed E-state index contributed by atoms with van der Waals surface area (Å²) in [6, 6.07) is 12.6. The van der Waals surface area contributed by atoms with E-state index < -0.39 is 14.9 Å². The largest absolute Gasteiger partial charge is 0.291 e. The third-order valence-corrected chi connectivity index (χ3v) is 4.66. The predicted octanol–water partition coefficient (Wildman–Crippen LogP) is 2.30. The van der Waals surface area contributed by atoms with Crippen LogP contribution in [0, 0.1) is 17.0 Å². The minimum absolute atomic E-state index is 0.0148. The number of benzene rings is 2. The number of non-ortho nitro benzene ring substituents is 1. The van der Waals surface area contributed by atoms with Crippen molar-refractivity contribution < 1.29 is 13.3 Å². The first kappa shape index (κ1) is 17.8. The molecule has 2 aromatic carbocycles. The summed E-state index contributed by atoms with van der Waals surface area (Å²) in [6.45, 7) is 2.25. The third-order valence-electron chi connectivity index (χ3n) is 3.19. The molecule has 0 saturated carbocycles. The van der Waals surface area contributed by atoms with Crippen LogP contribution < -0.4 is 4.72 Å². The predicted molar refractivity (Wildman–Crippen MR) is 91.9 cm³/mol. The van der Waals surface area contributed by atoms with E-state index in [0.29, 0.717) is 5.56 Å². The molecule has 0 radical (unpaired) electrons. The highest BCUT2D eigenvalue weighted by Gasteiger charge is 2.12. The zero-order valence-electron chi connectivity index (χ0n) is 13.0. The van der Waals surface area contributed by atoms with Gasteiger partial charge >= 0.3 is 0 Å². The molecule has 0 atom stereocenters. The maximum absolute atomic E-state index is 12.1.